The molecule has 0 aliphatic rings. The van der Waals surface area contributed by atoms with Crippen LogP contribution in [0.25, 0.3) is 0 Å². The zero-order valence-corrected chi connectivity index (χ0v) is 18.1. The smallest absolute Gasteiger partial charge is 0.333 e. The summed E-state index contributed by atoms with van der Waals surface area (Å²) in [6, 6.07) is 0. The molecule has 0 N–H and O–H groups in total. The van der Waals surface area contributed by atoms with E-state index in [1.165, 1.54) is 89.9 Å². The fourth-order valence-electron chi connectivity index (χ4n) is 3.36. The van der Waals surface area contributed by atoms with Gasteiger partial charge in [-0.25, -0.2) is 4.79 Å². The monoisotopic (exact) mass is 366 g/mol. The van der Waals surface area contributed by atoms with Gasteiger partial charge in [-0.05, 0) is 19.3 Å². The molecule has 26 heavy (non-hydrogen) atoms. The molecular weight excluding hydrogens is 320 g/mol. The maximum atomic E-state index is 11.2. The third kappa shape index (κ3) is 18.0. The Balaban J connectivity index is 3.22. The molecule has 1 atom stereocenters. The van der Waals surface area contributed by atoms with Crippen molar-refractivity contribution in [2.45, 2.75) is 124 Å². The van der Waals surface area contributed by atoms with Gasteiger partial charge in [-0.15, -0.1) is 0 Å². The first-order valence-corrected chi connectivity index (χ1v) is 11.4. The molecule has 0 fully saturated rings. The summed E-state index contributed by atoms with van der Waals surface area (Å²) in [7, 11) is 0. The van der Waals surface area contributed by atoms with Crippen molar-refractivity contribution in [2.24, 2.45) is 5.92 Å². The summed E-state index contributed by atoms with van der Waals surface area (Å²) in [5.74, 6) is 0.657. The first kappa shape index (κ1) is 25.2. The number of carbonyl (C=O) groups excluding carboxylic acids is 1. The van der Waals surface area contributed by atoms with Gasteiger partial charge in [0.1, 0.15) is 0 Å². The summed E-state index contributed by atoms with van der Waals surface area (Å²) in [5.41, 5.74) is 0.492. The van der Waals surface area contributed by atoms with Crippen molar-refractivity contribution in [2.75, 3.05) is 6.61 Å². The molecule has 154 valence electrons. The number of esters is 1. The van der Waals surface area contributed by atoms with E-state index >= 15 is 0 Å². The fraction of sp³-hybridized carbons (Fsp3) is 0.875. The van der Waals surface area contributed by atoms with Crippen LogP contribution in [-0.4, -0.2) is 12.6 Å². The standard InChI is InChI=1S/C24H46O2/c1-5-6-7-8-10-13-16-19-23(4)20-17-14-11-9-12-15-18-21-26-24(25)22(2)3/h23H,2,5-21H2,1,3-4H3. The molecule has 2 heteroatoms. The first-order valence-electron chi connectivity index (χ1n) is 11.4. The fourth-order valence-corrected chi connectivity index (χ4v) is 3.36. The largest absolute Gasteiger partial charge is 0.462 e. The molecule has 0 spiro atoms. The van der Waals surface area contributed by atoms with Gasteiger partial charge in [-0.3, -0.25) is 0 Å². The predicted octanol–water partition coefficient (Wildman–Crippen LogP) is 8.00. The van der Waals surface area contributed by atoms with Gasteiger partial charge in [0.25, 0.3) is 0 Å². The quantitative estimate of drug-likeness (QED) is 0.131. The molecule has 0 aromatic heterocycles. The summed E-state index contributed by atoms with van der Waals surface area (Å²) in [4.78, 5) is 11.2. The lowest BCUT2D eigenvalue weighted by Gasteiger charge is -2.11. The number of unbranched alkanes of at least 4 members (excludes halogenated alkanes) is 12. The van der Waals surface area contributed by atoms with Crippen LogP contribution in [0.15, 0.2) is 12.2 Å². The molecule has 0 aliphatic carbocycles. The Morgan fingerprint density at radius 2 is 1.19 bits per heavy atom. The lowest BCUT2D eigenvalue weighted by atomic mass is 9.96. The Labute approximate surface area is 164 Å². The van der Waals surface area contributed by atoms with Crippen molar-refractivity contribution in [1.82, 2.24) is 0 Å². The molecule has 0 bridgehead atoms. The number of hydrogen-bond acceptors (Lipinski definition) is 2. The molecule has 0 aromatic carbocycles. The molecule has 1 unspecified atom stereocenters. The normalized spacial score (nSPS) is 12.1. The van der Waals surface area contributed by atoms with Crippen LogP contribution in [-0.2, 0) is 9.53 Å². The maximum absolute atomic E-state index is 11.2. The van der Waals surface area contributed by atoms with Crippen molar-refractivity contribution < 1.29 is 9.53 Å². The Bertz CT molecular complexity index is 335. The van der Waals surface area contributed by atoms with Crippen LogP contribution >= 0.6 is 0 Å². The molecule has 0 radical (unpaired) electrons. The van der Waals surface area contributed by atoms with E-state index in [2.05, 4.69) is 20.4 Å². The maximum Gasteiger partial charge on any atom is 0.333 e. The summed E-state index contributed by atoms with van der Waals surface area (Å²) in [6.07, 6.45) is 21.7. The van der Waals surface area contributed by atoms with Crippen molar-refractivity contribution in [1.29, 1.82) is 0 Å². The average molecular weight is 367 g/mol. The van der Waals surface area contributed by atoms with Gasteiger partial charge in [-0.1, -0.05) is 117 Å². The Kier molecular flexibility index (Phi) is 18.4. The van der Waals surface area contributed by atoms with Crippen LogP contribution in [0.3, 0.4) is 0 Å². The van der Waals surface area contributed by atoms with Gasteiger partial charge in [0.2, 0.25) is 0 Å². The second kappa shape index (κ2) is 19.0. The van der Waals surface area contributed by atoms with Gasteiger partial charge >= 0.3 is 5.97 Å². The van der Waals surface area contributed by atoms with Gasteiger partial charge in [0, 0.05) is 5.57 Å². The van der Waals surface area contributed by atoms with E-state index in [1.807, 2.05) is 0 Å². The molecule has 0 heterocycles. The number of ether oxygens (including phenoxy) is 1. The van der Waals surface area contributed by atoms with Crippen LogP contribution in [0.2, 0.25) is 0 Å². The average Bonchev–Trinajstić information content (AvgIpc) is 2.62. The molecule has 2 nitrogen and oxygen atoms in total. The molecule has 0 aromatic rings. The Hall–Kier alpha value is -0.790. The highest BCUT2D eigenvalue weighted by atomic mass is 16.5. The van der Waals surface area contributed by atoms with Crippen LogP contribution in [0, 0.1) is 5.92 Å². The van der Waals surface area contributed by atoms with E-state index < -0.39 is 0 Å². The number of hydrogen-bond donors (Lipinski definition) is 0. The summed E-state index contributed by atoms with van der Waals surface area (Å²) >= 11 is 0. The lowest BCUT2D eigenvalue weighted by Crippen LogP contribution is -2.05. The third-order valence-electron chi connectivity index (χ3n) is 5.22. The second-order valence-electron chi connectivity index (χ2n) is 8.19. The SMILES string of the molecule is C=C(C)C(=O)OCCCCCCCCCC(C)CCCCCCCCC. The minimum absolute atomic E-state index is 0.254. The van der Waals surface area contributed by atoms with Crippen LogP contribution in [0.1, 0.15) is 124 Å². The van der Waals surface area contributed by atoms with Crippen LogP contribution in [0.5, 0.6) is 0 Å². The zero-order valence-electron chi connectivity index (χ0n) is 18.1. The van der Waals surface area contributed by atoms with Gasteiger partial charge in [-0.2, -0.15) is 0 Å². The lowest BCUT2D eigenvalue weighted by molar-refractivity contribution is -0.139. The summed E-state index contributed by atoms with van der Waals surface area (Å²) in [5, 5.41) is 0. The minimum atomic E-state index is -0.254. The van der Waals surface area contributed by atoms with Crippen LogP contribution < -0.4 is 0 Å². The molecule has 0 saturated heterocycles. The van der Waals surface area contributed by atoms with Crippen molar-refractivity contribution in [3.63, 3.8) is 0 Å². The Morgan fingerprint density at radius 1 is 0.769 bits per heavy atom. The minimum Gasteiger partial charge on any atom is -0.462 e. The van der Waals surface area contributed by atoms with E-state index in [9.17, 15) is 4.79 Å². The highest BCUT2D eigenvalue weighted by molar-refractivity contribution is 5.86. The molecule has 0 amide bonds. The van der Waals surface area contributed by atoms with E-state index in [-0.39, 0.29) is 5.97 Å². The van der Waals surface area contributed by atoms with Crippen LogP contribution in [0.4, 0.5) is 0 Å². The second-order valence-corrected chi connectivity index (χ2v) is 8.19. The molecular formula is C24H46O2. The van der Waals surface area contributed by atoms with Gasteiger partial charge in [0.15, 0.2) is 0 Å². The highest BCUT2D eigenvalue weighted by Crippen LogP contribution is 2.18. The Morgan fingerprint density at radius 3 is 1.65 bits per heavy atom. The van der Waals surface area contributed by atoms with Gasteiger partial charge < -0.3 is 4.74 Å². The first-order chi connectivity index (χ1) is 12.6. The third-order valence-corrected chi connectivity index (χ3v) is 5.22. The molecule has 0 aliphatic heterocycles. The zero-order chi connectivity index (χ0) is 19.5. The van der Waals surface area contributed by atoms with Gasteiger partial charge in [0.05, 0.1) is 6.61 Å². The van der Waals surface area contributed by atoms with E-state index in [1.54, 1.807) is 6.92 Å². The summed E-state index contributed by atoms with van der Waals surface area (Å²) < 4.78 is 5.10. The molecule has 0 rings (SSSR count). The molecule has 0 saturated carbocycles. The summed E-state index contributed by atoms with van der Waals surface area (Å²) in [6.45, 7) is 10.5. The number of carbonyl (C=O) groups is 1. The topological polar surface area (TPSA) is 26.3 Å². The van der Waals surface area contributed by atoms with E-state index in [0.29, 0.717) is 12.2 Å². The highest BCUT2D eigenvalue weighted by Gasteiger charge is 2.03. The number of rotatable bonds is 19. The van der Waals surface area contributed by atoms with E-state index in [0.717, 1.165) is 18.8 Å². The van der Waals surface area contributed by atoms with Crippen molar-refractivity contribution >= 4 is 5.97 Å². The van der Waals surface area contributed by atoms with Crippen molar-refractivity contribution in [3.05, 3.63) is 12.2 Å². The predicted molar refractivity (Wildman–Crippen MR) is 114 cm³/mol. The van der Waals surface area contributed by atoms with E-state index in [4.69, 9.17) is 4.74 Å². The van der Waals surface area contributed by atoms with Crippen molar-refractivity contribution in [3.8, 4) is 0 Å².